The SMILES string of the molecule is CCc1ccc(NC(=O)[C@H](CCCNC(N)=O)CC(=O)[C@@H](NC(=O)CCCN2C(=O)C=CC2=O)C(C)C)cc1. The number of ketones is 1. The number of benzene rings is 1. The van der Waals surface area contributed by atoms with Crippen LogP contribution in [0.4, 0.5) is 10.5 Å². The van der Waals surface area contributed by atoms with Gasteiger partial charge in [0.25, 0.3) is 11.8 Å². The molecule has 39 heavy (non-hydrogen) atoms. The number of hydrogen-bond donors (Lipinski definition) is 4. The van der Waals surface area contributed by atoms with E-state index in [1.54, 1.807) is 26.0 Å². The molecule has 6 amide bonds. The van der Waals surface area contributed by atoms with E-state index in [1.165, 1.54) is 12.2 Å². The summed E-state index contributed by atoms with van der Waals surface area (Å²) < 4.78 is 0. The van der Waals surface area contributed by atoms with Crippen LogP contribution >= 0.6 is 0 Å². The Kier molecular flexibility index (Phi) is 12.3. The van der Waals surface area contributed by atoms with Gasteiger partial charge in [0.1, 0.15) is 0 Å². The Hall–Kier alpha value is -4.02. The lowest BCUT2D eigenvalue weighted by Gasteiger charge is -2.24. The molecule has 2 atom stereocenters. The van der Waals surface area contributed by atoms with E-state index >= 15 is 0 Å². The highest BCUT2D eigenvalue weighted by atomic mass is 16.2. The number of hydrogen-bond acceptors (Lipinski definition) is 6. The molecule has 0 radical (unpaired) electrons. The second-order valence-corrected chi connectivity index (χ2v) is 9.89. The van der Waals surface area contributed by atoms with Crippen LogP contribution in [0.15, 0.2) is 36.4 Å². The fourth-order valence-electron chi connectivity index (χ4n) is 4.24. The van der Waals surface area contributed by atoms with E-state index < -0.39 is 29.8 Å². The van der Waals surface area contributed by atoms with Gasteiger partial charge in [0, 0.05) is 49.7 Å². The summed E-state index contributed by atoms with van der Waals surface area (Å²) in [6, 6.07) is 5.98. The molecule has 1 aliphatic heterocycles. The zero-order chi connectivity index (χ0) is 28.9. The van der Waals surface area contributed by atoms with Crippen LogP contribution in [0, 0.1) is 11.8 Å². The van der Waals surface area contributed by atoms with Crippen molar-refractivity contribution in [1.82, 2.24) is 15.5 Å². The van der Waals surface area contributed by atoms with Crippen LogP contribution in [-0.4, -0.2) is 59.5 Å². The Balaban J connectivity index is 1.99. The summed E-state index contributed by atoms with van der Waals surface area (Å²) in [5.74, 6) is -2.72. The number of anilines is 1. The summed E-state index contributed by atoms with van der Waals surface area (Å²) >= 11 is 0. The number of urea groups is 1. The number of rotatable bonds is 16. The molecule has 0 saturated carbocycles. The number of nitrogens with two attached hydrogens (primary N) is 1. The van der Waals surface area contributed by atoms with E-state index in [-0.39, 0.29) is 55.9 Å². The topological polar surface area (TPSA) is 168 Å². The van der Waals surface area contributed by atoms with E-state index in [0.29, 0.717) is 18.5 Å². The first kappa shape index (κ1) is 31.2. The Labute approximate surface area is 228 Å². The number of nitrogens with zero attached hydrogens (tertiary/aromatic N) is 1. The number of nitrogens with one attached hydrogen (secondary N) is 3. The number of primary amides is 1. The van der Waals surface area contributed by atoms with Gasteiger partial charge in [-0.1, -0.05) is 32.9 Å². The molecule has 0 aliphatic carbocycles. The molecular formula is C28H39N5O6. The van der Waals surface area contributed by atoms with E-state index in [1.807, 2.05) is 19.1 Å². The highest BCUT2D eigenvalue weighted by Gasteiger charge is 2.30. The molecule has 5 N–H and O–H groups in total. The minimum absolute atomic E-state index is 0.0318. The Morgan fingerprint density at radius 3 is 2.18 bits per heavy atom. The van der Waals surface area contributed by atoms with Crippen molar-refractivity contribution in [3.63, 3.8) is 0 Å². The van der Waals surface area contributed by atoms with Gasteiger partial charge in [0.05, 0.1) is 6.04 Å². The van der Waals surface area contributed by atoms with Crippen molar-refractivity contribution in [3.05, 3.63) is 42.0 Å². The molecule has 11 heteroatoms. The van der Waals surface area contributed by atoms with Crippen molar-refractivity contribution >= 4 is 41.1 Å². The number of Topliss-reactive ketones (excluding diaryl/α,β-unsaturated/α-hetero) is 1. The molecule has 0 aromatic heterocycles. The number of carbonyl (C=O) groups excluding carboxylic acids is 6. The van der Waals surface area contributed by atoms with Crippen LogP contribution in [-0.2, 0) is 30.4 Å². The van der Waals surface area contributed by atoms with E-state index in [4.69, 9.17) is 5.73 Å². The van der Waals surface area contributed by atoms with Crippen LogP contribution < -0.4 is 21.7 Å². The standard InChI is InChI=1S/C28H39N5O6/c1-4-19-9-11-21(12-10-19)31-27(38)20(7-5-15-30-28(29)39)17-22(34)26(18(2)3)32-23(35)8-6-16-33-24(36)13-14-25(33)37/h9-14,18,20,26H,4-8,15-17H2,1-3H3,(H,31,38)(H,32,35)(H3,29,30,39)/t20-,26+/m1/s1. The molecule has 0 spiro atoms. The molecule has 0 saturated heterocycles. The predicted octanol–water partition coefficient (Wildman–Crippen LogP) is 2.06. The highest BCUT2D eigenvalue weighted by Crippen LogP contribution is 2.19. The predicted molar refractivity (Wildman–Crippen MR) is 146 cm³/mol. The summed E-state index contributed by atoms with van der Waals surface area (Å²) in [6.07, 6.45) is 4.20. The number of aryl methyl sites for hydroxylation is 1. The molecule has 212 valence electrons. The maximum Gasteiger partial charge on any atom is 0.312 e. The van der Waals surface area contributed by atoms with Crippen molar-refractivity contribution in [3.8, 4) is 0 Å². The zero-order valence-corrected chi connectivity index (χ0v) is 22.8. The third-order valence-corrected chi connectivity index (χ3v) is 6.49. The smallest absolute Gasteiger partial charge is 0.312 e. The van der Waals surface area contributed by atoms with Crippen LogP contribution in [0.1, 0.15) is 58.4 Å². The van der Waals surface area contributed by atoms with E-state index in [2.05, 4.69) is 16.0 Å². The Bertz CT molecular complexity index is 1060. The second kappa shape index (κ2) is 15.4. The Morgan fingerprint density at radius 1 is 0.974 bits per heavy atom. The first-order valence-electron chi connectivity index (χ1n) is 13.3. The van der Waals surface area contributed by atoms with Gasteiger partial charge in [-0.2, -0.15) is 0 Å². The minimum Gasteiger partial charge on any atom is -0.352 e. The van der Waals surface area contributed by atoms with Gasteiger partial charge in [-0.15, -0.1) is 0 Å². The minimum atomic E-state index is -0.808. The average molecular weight is 542 g/mol. The first-order chi connectivity index (χ1) is 18.5. The van der Waals surface area contributed by atoms with Gasteiger partial charge in [0.2, 0.25) is 11.8 Å². The van der Waals surface area contributed by atoms with Crippen molar-refractivity contribution in [2.45, 2.75) is 65.3 Å². The van der Waals surface area contributed by atoms with Crippen molar-refractivity contribution < 1.29 is 28.8 Å². The lowest BCUT2D eigenvalue weighted by atomic mass is 9.89. The summed E-state index contributed by atoms with van der Waals surface area (Å²) in [4.78, 5) is 74.4. The van der Waals surface area contributed by atoms with Crippen molar-refractivity contribution in [2.24, 2.45) is 17.6 Å². The van der Waals surface area contributed by atoms with Gasteiger partial charge in [-0.05, 0) is 49.3 Å². The summed E-state index contributed by atoms with van der Waals surface area (Å²) in [5, 5.41) is 8.10. The van der Waals surface area contributed by atoms with E-state index in [9.17, 15) is 28.8 Å². The van der Waals surface area contributed by atoms with Gasteiger partial charge in [0.15, 0.2) is 5.78 Å². The zero-order valence-electron chi connectivity index (χ0n) is 22.8. The fraction of sp³-hybridized carbons (Fsp3) is 0.500. The third-order valence-electron chi connectivity index (χ3n) is 6.49. The molecule has 1 aliphatic rings. The monoisotopic (exact) mass is 541 g/mol. The van der Waals surface area contributed by atoms with Crippen LogP contribution in [0.25, 0.3) is 0 Å². The van der Waals surface area contributed by atoms with Crippen molar-refractivity contribution in [2.75, 3.05) is 18.4 Å². The summed E-state index contributed by atoms with van der Waals surface area (Å²) in [5.41, 5.74) is 6.86. The average Bonchev–Trinajstić information content (AvgIpc) is 3.21. The molecule has 1 aromatic carbocycles. The number of carbonyl (C=O) groups is 6. The quantitative estimate of drug-likeness (QED) is 0.184. The fourth-order valence-corrected chi connectivity index (χ4v) is 4.24. The summed E-state index contributed by atoms with van der Waals surface area (Å²) in [6.45, 7) is 6.01. The largest absolute Gasteiger partial charge is 0.352 e. The van der Waals surface area contributed by atoms with Gasteiger partial charge >= 0.3 is 6.03 Å². The molecular weight excluding hydrogens is 502 g/mol. The molecule has 0 fully saturated rings. The van der Waals surface area contributed by atoms with E-state index in [0.717, 1.165) is 16.9 Å². The maximum atomic E-state index is 13.3. The molecule has 1 aromatic rings. The summed E-state index contributed by atoms with van der Waals surface area (Å²) in [7, 11) is 0. The van der Waals surface area contributed by atoms with Crippen LogP contribution in [0.3, 0.4) is 0 Å². The van der Waals surface area contributed by atoms with Crippen LogP contribution in [0.2, 0.25) is 0 Å². The van der Waals surface area contributed by atoms with Crippen molar-refractivity contribution in [1.29, 1.82) is 0 Å². The first-order valence-corrected chi connectivity index (χ1v) is 13.3. The number of imide groups is 1. The maximum absolute atomic E-state index is 13.3. The lowest BCUT2D eigenvalue weighted by Crippen LogP contribution is -2.45. The molecule has 2 rings (SSSR count). The molecule has 0 bridgehead atoms. The molecule has 1 heterocycles. The Morgan fingerprint density at radius 2 is 1.62 bits per heavy atom. The normalized spacial score (nSPS) is 14.3. The molecule has 0 unspecified atom stereocenters. The van der Waals surface area contributed by atoms with Gasteiger partial charge in [-0.3, -0.25) is 28.9 Å². The van der Waals surface area contributed by atoms with Crippen LogP contribution in [0.5, 0.6) is 0 Å². The highest BCUT2D eigenvalue weighted by molar-refractivity contribution is 6.12. The molecule has 11 nitrogen and oxygen atoms in total. The second-order valence-electron chi connectivity index (χ2n) is 9.89. The number of amides is 6. The lowest BCUT2D eigenvalue weighted by molar-refractivity contribution is -0.137. The van der Waals surface area contributed by atoms with Gasteiger partial charge in [-0.25, -0.2) is 4.79 Å². The van der Waals surface area contributed by atoms with Gasteiger partial charge < -0.3 is 21.7 Å². The third kappa shape index (κ3) is 10.3.